The van der Waals surface area contributed by atoms with Crippen LogP contribution in [0.25, 0.3) is 11.4 Å². The fourth-order valence-electron chi connectivity index (χ4n) is 4.88. The molecule has 0 radical (unpaired) electrons. The van der Waals surface area contributed by atoms with Crippen molar-refractivity contribution in [2.45, 2.75) is 64.1 Å². The number of carbonyl (C=O) groups excluding carboxylic acids is 1. The molecule has 1 aromatic heterocycles. The molecular formula is C20H26FN5O2. The van der Waals surface area contributed by atoms with Gasteiger partial charge in [-0.05, 0) is 61.6 Å². The Morgan fingerprint density at radius 2 is 2.11 bits per heavy atom. The van der Waals surface area contributed by atoms with Crippen LogP contribution in [0.3, 0.4) is 0 Å². The van der Waals surface area contributed by atoms with E-state index in [1.807, 2.05) is 4.90 Å². The van der Waals surface area contributed by atoms with Crippen LogP contribution in [0.15, 0.2) is 24.3 Å². The maximum Gasteiger partial charge on any atom is 0.223 e. The summed E-state index contributed by atoms with van der Waals surface area (Å²) in [6.07, 6.45) is 4.93. The standard InChI is InChI=1S/C20H26FN5O2/c1-2-20(13-27)12-16-9-10-17(20)26(16)18(28)4-3-11-25-23-19(22-24-25)14-5-7-15(21)8-6-14/h5-8,16-17,27H,2-4,9-13H2,1H3/t16-,17+,20-/m1/s1. The van der Waals surface area contributed by atoms with Crippen LogP contribution in [0.5, 0.6) is 0 Å². The van der Waals surface area contributed by atoms with E-state index in [9.17, 15) is 14.3 Å². The minimum absolute atomic E-state index is 0.115. The summed E-state index contributed by atoms with van der Waals surface area (Å²) in [6, 6.07) is 6.41. The molecule has 1 N–H and O–H groups in total. The molecular weight excluding hydrogens is 361 g/mol. The summed E-state index contributed by atoms with van der Waals surface area (Å²) < 4.78 is 13.0. The number of rotatable bonds is 7. The van der Waals surface area contributed by atoms with Crippen LogP contribution in [0.2, 0.25) is 0 Å². The van der Waals surface area contributed by atoms with Crippen molar-refractivity contribution in [2.75, 3.05) is 6.61 Å². The second-order valence-electron chi connectivity index (χ2n) is 7.95. The Kier molecular flexibility index (Phi) is 5.14. The van der Waals surface area contributed by atoms with E-state index >= 15 is 0 Å². The average molecular weight is 387 g/mol. The summed E-state index contributed by atoms with van der Waals surface area (Å²) in [5, 5.41) is 22.2. The zero-order valence-electron chi connectivity index (χ0n) is 16.1. The van der Waals surface area contributed by atoms with Gasteiger partial charge in [-0.25, -0.2) is 4.39 Å². The van der Waals surface area contributed by atoms with Crippen molar-refractivity contribution in [3.63, 3.8) is 0 Å². The molecule has 0 spiro atoms. The lowest BCUT2D eigenvalue weighted by Gasteiger charge is -2.34. The molecule has 8 heteroatoms. The highest BCUT2D eigenvalue weighted by Gasteiger charge is 2.55. The zero-order chi connectivity index (χ0) is 19.7. The number of amides is 1. The molecule has 4 rings (SSSR count). The van der Waals surface area contributed by atoms with Crippen LogP contribution >= 0.6 is 0 Å². The predicted octanol–water partition coefficient (Wildman–Crippen LogP) is 2.41. The Hall–Kier alpha value is -2.35. The molecule has 3 heterocycles. The Morgan fingerprint density at radius 1 is 1.32 bits per heavy atom. The van der Waals surface area contributed by atoms with E-state index in [1.165, 1.54) is 16.9 Å². The fourth-order valence-corrected chi connectivity index (χ4v) is 4.88. The third-order valence-corrected chi connectivity index (χ3v) is 6.46. The molecule has 0 saturated carbocycles. The van der Waals surface area contributed by atoms with Crippen molar-refractivity contribution < 1.29 is 14.3 Å². The summed E-state index contributed by atoms with van der Waals surface area (Å²) in [7, 11) is 0. The number of benzene rings is 1. The summed E-state index contributed by atoms with van der Waals surface area (Å²) in [6.45, 7) is 2.76. The van der Waals surface area contributed by atoms with Crippen molar-refractivity contribution in [3.05, 3.63) is 30.1 Å². The molecule has 2 aliphatic heterocycles. The molecule has 7 nitrogen and oxygen atoms in total. The van der Waals surface area contributed by atoms with Crippen molar-refractivity contribution in [1.29, 1.82) is 0 Å². The third kappa shape index (κ3) is 3.30. The lowest BCUT2D eigenvalue weighted by atomic mass is 9.72. The molecule has 2 aromatic rings. The average Bonchev–Trinajstić information content (AvgIpc) is 3.42. The SMILES string of the molecule is CC[C@]1(CO)C[C@H]2CC[C@@H]1N2C(=O)CCCn1nnc(-c2ccc(F)cc2)n1. The molecule has 0 unspecified atom stereocenters. The number of carbonyl (C=O) groups is 1. The normalized spacial score (nSPS) is 26.2. The van der Waals surface area contributed by atoms with E-state index in [4.69, 9.17) is 0 Å². The van der Waals surface area contributed by atoms with Crippen LogP contribution in [-0.4, -0.2) is 54.8 Å². The molecule has 2 saturated heterocycles. The van der Waals surface area contributed by atoms with Gasteiger partial charge < -0.3 is 10.0 Å². The number of aliphatic hydroxyl groups excluding tert-OH is 1. The number of nitrogens with zero attached hydrogens (tertiary/aromatic N) is 5. The molecule has 1 aromatic carbocycles. The maximum absolute atomic E-state index is 13.0. The van der Waals surface area contributed by atoms with Crippen molar-refractivity contribution in [2.24, 2.45) is 5.41 Å². The number of hydrogen-bond acceptors (Lipinski definition) is 5. The molecule has 2 aliphatic rings. The quantitative estimate of drug-likeness (QED) is 0.789. The molecule has 28 heavy (non-hydrogen) atoms. The van der Waals surface area contributed by atoms with Crippen LogP contribution < -0.4 is 0 Å². The van der Waals surface area contributed by atoms with Crippen LogP contribution in [0, 0.1) is 11.2 Å². The topological polar surface area (TPSA) is 84.1 Å². The highest BCUT2D eigenvalue weighted by molar-refractivity contribution is 5.77. The zero-order valence-corrected chi connectivity index (χ0v) is 16.1. The van der Waals surface area contributed by atoms with Gasteiger partial charge in [-0.2, -0.15) is 4.80 Å². The molecule has 0 aliphatic carbocycles. The van der Waals surface area contributed by atoms with Gasteiger partial charge in [-0.1, -0.05) is 6.92 Å². The highest BCUT2D eigenvalue weighted by Crippen LogP contribution is 2.51. The van der Waals surface area contributed by atoms with Gasteiger partial charge in [0, 0.05) is 29.5 Å². The Bertz CT molecular complexity index is 833. The Morgan fingerprint density at radius 3 is 2.79 bits per heavy atom. The van der Waals surface area contributed by atoms with Crippen molar-refractivity contribution in [1.82, 2.24) is 25.1 Å². The number of aryl methyl sites for hydroxylation is 1. The second-order valence-corrected chi connectivity index (χ2v) is 7.95. The molecule has 1 amide bonds. The summed E-state index contributed by atoms with van der Waals surface area (Å²) in [5.41, 5.74) is 0.591. The maximum atomic E-state index is 13.0. The van der Waals surface area contributed by atoms with E-state index in [1.54, 1.807) is 12.1 Å². The van der Waals surface area contributed by atoms with Crippen LogP contribution in [0.1, 0.15) is 45.4 Å². The smallest absolute Gasteiger partial charge is 0.223 e. The first-order valence-electron chi connectivity index (χ1n) is 10.0. The summed E-state index contributed by atoms with van der Waals surface area (Å²) in [4.78, 5) is 16.3. The molecule has 3 atom stereocenters. The molecule has 2 bridgehead atoms. The highest BCUT2D eigenvalue weighted by atomic mass is 19.1. The first-order chi connectivity index (χ1) is 13.6. The van der Waals surface area contributed by atoms with Gasteiger partial charge in [0.05, 0.1) is 13.2 Å². The number of halogens is 1. The van der Waals surface area contributed by atoms with Crippen LogP contribution in [-0.2, 0) is 11.3 Å². The van der Waals surface area contributed by atoms with Gasteiger partial charge in [0.25, 0.3) is 0 Å². The number of aromatic nitrogens is 4. The lowest BCUT2D eigenvalue weighted by molar-refractivity contribution is -0.133. The second kappa shape index (κ2) is 7.58. The molecule has 150 valence electrons. The van der Waals surface area contributed by atoms with Gasteiger partial charge in [0.1, 0.15) is 5.82 Å². The van der Waals surface area contributed by atoms with Crippen LogP contribution in [0.4, 0.5) is 4.39 Å². The van der Waals surface area contributed by atoms with E-state index in [0.29, 0.717) is 30.8 Å². The van der Waals surface area contributed by atoms with Crippen molar-refractivity contribution >= 4 is 5.91 Å². The minimum Gasteiger partial charge on any atom is -0.396 e. The summed E-state index contributed by atoms with van der Waals surface area (Å²) >= 11 is 0. The predicted molar refractivity (Wildman–Crippen MR) is 101 cm³/mol. The first kappa shape index (κ1) is 19.0. The Labute approximate surface area is 163 Å². The number of hydrogen-bond donors (Lipinski definition) is 1. The van der Waals surface area contributed by atoms with Gasteiger partial charge in [0.15, 0.2) is 0 Å². The Balaban J connectivity index is 1.32. The van der Waals surface area contributed by atoms with Gasteiger partial charge in [0.2, 0.25) is 11.7 Å². The van der Waals surface area contributed by atoms with E-state index in [-0.39, 0.29) is 35.8 Å². The third-order valence-electron chi connectivity index (χ3n) is 6.46. The minimum atomic E-state index is -0.307. The van der Waals surface area contributed by atoms with Crippen molar-refractivity contribution in [3.8, 4) is 11.4 Å². The lowest BCUT2D eigenvalue weighted by Crippen LogP contribution is -2.42. The van der Waals surface area contributed by atoms with Gasteiger partial charge in [-0.15, -0.1) is 10.2 Å². The van der Waals surface area contributed by atoms with E-state index < -0.39 is 0 Å². The largest absolute Gasteiger partial charge is 0.396 e. The first-order valence-corrected chi connectivity index (χ1v) is 10.0. The fraction of sp³-hybridized carbons (Fsp3) is 0.600. The number of fused-ring (bicyclic) bond motifs is 2. The number of tetrazole rings is 1. The van der Waals surface area contributed by atoms with E-state index in [2.05, 4.69) is 22.3 Å². The monoisotopic (exact) mass is 387 g/mol. The molecule has 2 fully saturated rings. The number of aliphatic hydroxyl groups is 1. The summed E-state index contributed by atoms with van der Waals surface area (Å²) in [5.74, 6) is 0.300. The van der Waals surface area contributed by atoms with E-state index in [0.717, 1.165) is 25.7 Å². The van der Waals surface area contributed by atoms with Gasteiger partial charge >= 0.3 is 0 Å². The van der Waals surface area contributed by atoms with Gasteiger partial charge in [-0.3, -0.25) is 4.79 Å².